The minimum Gasteiger partial charge on any atom is -0.539 e. The van der Waals surface area contributed by atoms with Gasteiger partial charge in [-0.25, -0.2) is 0 Å². The molecule has 8 heteroatoms. The molecule has 0 atom stereocenters. The van der Waals surface area contributed by atoms with E-state index in [1.165, 1.54) is 0 Å². The van der Waals surface area contributed by atoms with Gasteiger partial charge in [-0.2, -0.15) is 0 Å². The Bertz CT molecular complexity index is 375. The van der Waals surface area contributed by atoms with Crippen LogP contribution in [-0.4, -0.2) is 41.6 Å². The Morgan fingerprint density at radius 2 is 1.88 bits per heavy atom. The molecule has 3 aliphatic heterocycles. The Morgan fingerprint density at radius 1 is 1.31 bits per heavy atom. The number of rotatable bonds is 1. The maximum absolute atomic E-state index is 5.71. The fourth-order valence-electron chi connectivity index (χ4n) is 2.08. The van der Waals surface area contributed by atoms with Crippen LogP contribution in [0.3, 0.4) is 0 Å². The molecular formula is C8H13BLiN3O3. The number of aryl methyl sites for hydroxylation is 1. The summed E-state index contributed by atoms with van der Waals surface area (Å²) < 4.78 is 18.8. The van der Waals surface area contributed by atoms with Crippen molar-refractivity contribution in [3.63, 3.8) is 0 Å². The van der Waals surface area contributed by atoms with Gasteiger partial charge in [0.05, 0.1) is 0 Å². The van der Waals surface area contributed by atoms with E-state index in [-0.39, 0.29) is 24.3 Å². The molecule has 6 nitrogen and oxygen atoms in total. The molecule has 4 heterocycles. The maximum Gasteiger partial charge on any atom is 1.00 e. The molecule has 1 aromatic rings. The SMILES string of the molecule is Cn1nncc1[B-]12OCC(C)(CO1)CO2.[Li+]. The molecular weight excluding hydrogens is 204 g/mol. The van der Waals surface area contributed by atoms with Gasteiger partial charge in [-0.05, 0) is 5.59 Å². The molecule has 0 aromatic carbocycles. The summed E-state index contributed by atoms with van der Waals surface area (Å²) in [5.74, 6) is 0. The number of hydrogen-bond acceptors (Lipinski definition) is 5. The first-order chi connectivity index (χ1) is 7.14. The molecule has 1 aromatic heterocycles. The Kier molecular flexibility index (Phi) is 2.93. The van der Waals surface area contributed by atoms with Crippen molar-refractivity contribution >= 4 is 12.3 Å². The van der Waals surface area contributed by atoms with E-state index in [4.69, 9.17) is 14.0 Å². The van der Waals surface area contributed by atoms with Gasteiger partial charge in [0.15, 0.2) is 0 Å². The second-order valence-electron chi connectivity index (χ2n) is 4.67. The number of hydrogen-bond donors (Lipinski definition) is 0. The van der Waals surface area contributed by atoms with Crippen molar-refractivity contribution in [1.29, 1.82) is 0 Å². The molecule has 3 aliphatic rings. The summed E-state index contributed by atoms with van der Waals surface area (Å²) in [6.07, 6.45) is 1.63. The van der Waals surface area contributed by atoms with Gasteiger partial charge < -0.3 is 14.0 Å². The van der Waals surface area contributed by atoms with Gasteiger partial charge >= 0.3 is 25.6 Å². The van der Waals surface area contributed by atoms with Crippen LogP contribution in [0.15, 0.2) is 6.20 Å². The number of fused-ring (bicyclic) bond motifs is 3. The van der Waals surface area contributed by atoms with E-state index in [1.54, 1.807) is 17.9 Å². The molecule has 0 aliphatic carbocycles. The maximum atomic E-state index is 5.71. The zero-order chi connectivity index (χ0) is 10.5. The Hall–Kier alpha value is -0.318. The Morgan fingerprint density at radius 3 is 2.31 bits per heavy atom. The summed E-state index contributed by atoms with van der Waals surface area (Å²) in [5, 5.41) is 7.67. The fraction of sp³-hybridized carbons (Fsp3) is 0.750. The second-order valence-corrected chi connectivity index (χ2v) is 4.67. The number of nitrogens with zero attached hydrogens (tertiary/aromatic N) is 3. The first kappa shape index (κ1) is 12.1. The normalized spacial score (nSPS) is 37.1. The average Bonchev–Trinajstić information content (AvgIpc) is 2.67. The Balaban J connectivity index is 0.000000963. The van der Waals surface area contributed by atoms with Crippen molar-refractivity contribution in [3.05, 3.63) is 6.20 Å². The summed E-state index contributed by atoms with van der Waals surface area (Å²) >= 11 is 0. The summed E-state index contributed by atoms with van der Waals surface area (Å²) in [4.78, 5) is 0. The third-order valence-corrected chi connectivity index (χ3v) is 3.07. The van der Waals surface area contributed by atoms with Crippen LogP contribution in [0, 0.1) is 5.41 Å². The smallest absolute Gasteiger partial charge is 0.539 e. The monoisotopic (exact) mass is 217 g/mol. The molecule has 82 valence electrons. The van der Waals surface area contributed by atoms with Gasteiger partial charge in [-0.15, -0.1) is 5.10 Å². The predicted octanol–water partition coefficient (Wildman–Crippen LogP) is -3.95. The topological polar surface area (TPSA) is 58.4 Å². The van der Waals surface area contributed by atoms with Crippen LogP contribution in [-0.2, 0) is 21.0 Å². The first-order valence-corrected chi connectivity index (χ1v) is 5.04. The van der Waals surface area contributed by atoms with Crippen molar-refractivity contribution in [1.82, 2.24) is 15.0 Å². The molecule has 0 unspecified atom stereocenters. The van der Waals surface area contributed by atoms with Crippen LogP contribution < -0.4 is 24.5 Å². The van der Waals surface area contributed by atoms with Crippen LogP contribution in [0.1, 0.15) is 6.92 Å². The van der Waals surface area contributed by atoms with Crippen LogP contribution in [0.5, 0.6) is 0 Å². The van der Waals surface area contributed by atoms with Crippen molar-refractivity contribution in [3.8, 4) is 0 Å². The number of aromatic nitrogens is 3. The average molecular weight is 217 g/mol. The second kappa shape index (κ2) is 3.86. The van der Waals surface area contributed by atoms with E-state index in [2.05, 4.69) is 17.2 Å². The van der Waals surface area contributed by atoms with Crippen molar-refractivity contribution in [2.75, 3.05) is 19.8 Å². The zero-order valence-electron chi connectivity index (χ0n) is 9.84. The van der Waals surface area contributed by atoms with Gasteiger partial charge in [0.2, 0.25) is 0 Å². The molecule has 3 fully saturated rings. The molecule has 0 N–H and O–H groups in total. The van der Waals surface area contributed by atoms with Crippen molar-refractivity contribution in [2.24, 2.45) is 12.5 Å². The minimum absolute atomic E-state index is 0. The molecule has 16 heavy (non-hydrogen) atoms. The standard InChI is InChI=1S/C8H13BN3O3.Li/c1-8-4-13-9(14-5-8,15-6-8)7-3-10-11-12(7)2;/h3H,4-6H2,1-2H3;/q-1;+1. The summed E-state index contributed by atoms with van der Waals surface area (Å²) in [5.41, 5.74) is 0.756. The van der Waals surface area contributed by atoms with Crippen molar-refractivity contribution < 1.29 is 32.8 Å². The van der Waals surface area contributed by atoms with Crippen LogP contribution >= 0.6 is 0 Å². The fourth-order valence-corrected chi connectivity index (χ4v) is 2.08. The summed E-state index contributed by atoms with van der Waals surface area (Å²) in [7, 11) is 1.80. The van der Waals surface area contributed by atoms with E-state index >= 15 is 0 Å². The molecule has 4 rings (SSSR count). The zero-order valence-corrected chi connectivity index (χ0v) is 9.84. The van der Waals surface area contributed by atoms with Crippen molar-refractivity contribution in [2.45, 2.75) is 6.92 Å². The van der Waals surface area contributed by atoms with E-state index in [0.29, 0.717) is 19.8 Å². The van der Waals surface area contributed by atoms with Crippen LogP contribution in [0.25, 0.3) is 0 Å². The van der Waals surface area contributed by atoms with E-state index < -0.39 is 6.75 Å². The predicted molar refractivity (Wildman–Crippen MR) is 52.4 cm³/mol. The van der Waals surface area contributed by atoms with Crippen LogP contribution in [0.2, 0.25) is 0 Å². The molecule has 2 bridgehead atoms. The molecule has 3 saturated heterocycles. The third-order valence-electron chi connectivity index (χ3n) is 3.07. The minimum atomic E-state index is -1.80. The molecule has 0 radical (unpaired) electrons. The Labute approximate surface area is 106 Å². The first-order valence-electron chi connectivity index (χ1n) is 5.04. The quantitative estimate of drug-likeness (QED) is 0.449. The molecule has 0 amide bonds. The molecule has 0 spiro atoms. The van der Waals surface area contributed by atoms with E-state index in [9.17, 15) is 0 Å². The summed E-state index contributed by atoms with van der Waals surface area (Å²) in [6, 6.07) is 0. The van der Waals surface area contributed by atoms with Gasteiger partial charge in [-0.3, -0.25) is 4.68 Å². The van der Waals surface area contributed by atoms with Gasteiger partial charge in [0.1, 0.15) is 0 Å². The van der Waals surface area contributed by atoms with E-state index in [1.807, 2.05) is 0 Å². The summed E-state index contributed by atoms with van der Waals surface area (Å²) in [6.45, 7) is 2.29. The van der Waals surface area contributed by atoms with E-state index in [0.717, 1.165) is 5.59 Å². The van der Waals surface area contributed by atoms with Gasteiger partial charge in [0.25, 0.3) is 0 Å². The van der Waals surface area contributed by atoms with Crippen LogP contribution in [0.4, 0.5) is 0 Å². The third kappa shape index (κ3) is 1.64. The largest absolute Gasteiger partial charge is 1.00 e. The van der Waals surface area contributed by atoms with Gasteiger partial charge in [-0.1, -0.05) is 12.1 Å². The molecule has 0 saturated carbocycles. The van der Waals surface area contributed by atoms with Gasteiger partial charge in [0, 0.05) is 38.5 Å².